The van der Waals surface area contributed by atoms with Crippen molar-refractivity contribution in [1.82, 2.24) is 4.90 Å². The normalized spacial score (nSPS) is 20.9. The molecule has 1 amide bonds. The molecule has 0 bridgehead atoms. The molecule has 2 atom stereocenters. The van der Waals surface area contributed by atoms with Crippen LogP contribution in [0.5, 0.6) is 0 Å². The number of carbonyl (C=O) groups excluding carboxylic acids is 2. The summed E-state index contributed by atoms with van der Waals surface area (Å²) in [4.78, 5) is 26.5. The fraction of sp³-hybridized carbons (Fsp3) is 0.600. The van der Waals surface area contributed by atoms with Gasteiger partial charge in [-0.1, -0.05) is 38.8 Å². The van der Waals surface area contributed by atoms with E-state index in [1.165, 1.54) is 12.1 Å². The minimum absolute atomic E-state index is 0.0650. The predicted octanol–water partition coefficient (Wildman–Crippen LogP) is 4.35. The highest BCUT2D eigenvalue weighted by Crippen LogP contribution is 2.30. The SMILES string of the molecule is CCCCCN(Cc1ccc(F)cc1)C(=O)C1CCC(=O)CC1C. The lowest BCUT2D eigenvalue weighted by Crippen LogP contribution is -2.41. The Morgan fingerprint density at radius 1 is 1.25 bits per heavy atom. The highest BCUT2D eigenvalue weighted by atomic mass is 19.1. The van der Waals surface area contributed by atoms with Crippen molar-refractivity contribution in [3.05, 3.63) is 35.6 Å². The molecule has 0 aliphatic heterocycles. The van der Waals surface area contributed by atoms with Crippen molar-refractivity contribution >= 4 is 11.7 Å². The maximum atomic E-state index is 13.1. The molecule has 0 heterocycles. The number of hydrogen-bond acceptors (Lipinski definition) is 2. The summed E-state index contributed by atoms with van der Waals surface area (Å²) in [6, 6.07) is 6.35. The number of nitrogens with zero attached hydrogens (tertiary/aromatic N) is 1. The fourth-order valence-corrected chi connectivity index (χ4v) is 3.44. The molecule has 132 valence electrons. The summed E-state index contributed by atoms with van der Waals surface area (Å²) in [6.07, 6.45) is 4.85. The second-order valence-electron chi connectivity index (χ2n) is 6.96. The summed E-state index contributed by atoms with van der Waals surface area (Å²) in [5, 5.41) is 0. The molecule has 0 spiro atoms. The number of amides is 1. The number of halogens is 1. The van der Waals surface area contributed by atoms with Crippen LogP contribution in [0.4, 0.5) is 4.39 Å². The van der Waals surface area contributed by atoms with Crippen molar-refractivity contribution in [2.75, 3.05) is 6.54 Å². The number of unbranched alkanes of at least 4 members (excludes halogenated alkanes) is 2. The van der Waals surface area contributed by atoms with Gasteiger partial charge in [-0.3, -0.25) is 9.59 Å². The topological polar surface area (TPSA) is 37.4 Å². The summed E-state index contributed by atoms with van der Waals surface area (Å²) < 4.78 is 13.1. The zero-order valence-corrected chi connectivity index (χ0v) is 14.8. The molecular weight excluding hydrogens is 305 g/mol. The van der Waals surface area contributed by atoms with Gasteiger partial charge >= 0.3 is 0 Å². The van der Waals surface area contributed by atoms with Crippen molar-refractivity contribution in [3.8, 4) is 0 Å². The molecule has 24 heavy (non-hydrogen) atoms. The number of ketones is 1. The van der Waals surface area contributed by atoms with Crippen LogP contribution in [0.25, 0.3) is 0 Å². The quantitative estimate of drug-likeness (QED) is 0.696. The third-order valence-corrected chi connectivity index (χ3v) is 4.92. The number of Topliss-reactive ketones (excluding diaryl/α,β-unsaturated/α-hetero) is 1. The maximum absolute atomic E-state index is 13.1. The largest absolute Gasteiger partial charge is 0.338 e. The number of rotatable bonds is 7. The molecule has 1 aliphatic rings. The molecule has 0 saturated heterocycles. The average molecular weight is 333 g/mol. The number of hydrogen-bond donors (Lipinski definition) is 0. The van der Waals surface area contributed by atoms with Gasteiger partial charge in [0.05, 0.1) is 0 Å². The lowest BCUT2D eigenvalue weighted by molar-refractivity contribution is -0.140. The average Bonchev–Trinajstić information content (AvgIpc) is 2.55. The van der Waals surface area contributed by atoms with Gasteiger partial charge in [-0.2, -0.15) is 0 Å². The minimum atomic E-state index is -0.262. The predicted molar refractivity (Wildman–Crippen MR) is 92.9 cm³/mol. The molecule has 0 aromatic heterocycles. The molecule has 2 rings (SSSR count). The van der Waals surface area contributed by atoms with Crippen LogP contribution in [-0.2, 0) is 16.1 Å². The van der Waals surface area contributed by atoms with Crippen LogP contribution in [0.1, 0.15) is 57.9 Å². The Morgan fingerprint density at radius 2 is 1.96 bits per heavy atom. The van der Waals surface area contributed by atoms with Gasteiger partial charge in [0.1, 0.15) is 11.6 Å². The fourth-order valence-electron chi connectivity index (χ4n) is 3.44. The molecule has 1 fully saturated rings. The van der Waals surface area contributed by atoms with Crippen LogP contribution < -0.4 is 0 Å². The van der Waals surface area contributed by atoms with E-state index in [1.807, 2.05) is 11.8 Å². The van der Waals surface area contributed by atoms with Crippen molar-refractivity contribution in [3.63, 3.8) is 0 Å². The molecule has 0 radical (unpaired) electrons. The van der Waals surface area contributed by atoms with E-state index in [0.29, 0.717) is 25.8 Å². The molecule has 3 nitrogen and oxygen atoms in total. The van der Waals surface area contributed by atoms with E-state index in [2.05, 4.69) is 6.92 Å². The second kappa shape index (κ2) is 8.95. The smallest absolute Gasteiger partial charge is 0.226 e. The number of carbonyl (C=O) groups is 2. The third kappa shape index (κ3) is 5.15. The Kier molecular flexibility index (Phi) is 6.95. The van der Waals surface area contributed by atoms with E-state index in [4.69, 9.17) is 0 Å². The Labute approximate surface area is 144 Å². The zero-order chi connectivity index (χ0) is 17.5. The summed E-state index contributed by atoms with van der Waals surface area (Å²) >= 11 is 0. The monoisotopic (exact) mass is 333 g/mol. The first-order valence-electron chi connectivity index (χ1n) is 9.06. The number of benzene rings is 1. The van der Waals surface area contributed by atoms with E-state index in [-0.39, 0.29) is 29.3 Å². The standard InChI is InChI=1S/C20H28FNO2/c1-3-4-5-12-22(14-16-6-8-17(21)9-7-16)20(24)19-11-10-18(23)13-15(19)2/h6-9,15,19H,3-5,10-14H2,1-2H3. The van der Waals surface area contributed by atoms with Gasteiger partial charge in [0, 0.05) is 31.8 Å². The molecule has 4 heteroatoms. The van der Waals surface area contributed by atoms with Crippen LogP contribution in [0.2, 0.25) is 0 Å². The second-order valence-corrected chi connectivity index (χ2v) is 6.96. The molecule has 1 aromatic carbocycles. The Bertz CT molecular complexity index is 555. The molecular formula is C20H28FNO2. The molecule has 0 N–H and O–H groups in total. The Morgan fingerprint density at radius 3 is 2.58 bits per heavy atom. The van der Waals surface area contributed by atoms with Crippen LogP contribution in [0.3, 0.4) is 0 Å². The van der Waals surface area contributed by atoms with Gasteiger partial charge < -0.3 is 4.90 Å². The first-order valence-corrected chi connectivity index (χ1v) is 9.06. The third-order valence-electron chi connectivity index (χ3n) is 4.92. The lowest BCUT2D eigenvalue weighted by atomic mass is 9.79. The molecule has 1 aromatic rings. The molecule has 1 aliphatic carbocycles. The maximum Gasteiger partial charge on any atom is 0.226 e. The molecule has 2 unspecified atom stereocenters. The van der Waals surface area contributed by atoms with Gasteiger partial charge in [-0.25, -0.2) is 4.39 Å². The van der Waals surface area contributed by atoms with Gasteiger partial charge in [-0.05, 0) is 36.5 Å². The van der Waals surface area contributed by atoms with E-state index in [0.717, 1.165) is 31.4 Å². The van der Waals surface area contributed by atoms with E-state index >= 15 is 0 Å². The van der Waals surface area contributed by atoms with Crippen molar-refractivity contribution in [2.45, 2.75) is 58.9 Å². The molecule has 1 saturated carbocycles. The summed E-state index contributed by atoms with van der Waals surface area (Å²) in [7, 11) is 0. The Hall–Kier alpha value is -1.71. The van der Waals surface area contributed by atoms with Gasteiger partial charge in [0.15, 0.2) is 0 Å². The van der Waals surface area contributed by atoms with E-state index < -0.39 is 0 Å². The van der Waals surface area contributed by atoms with E-state index in [9.17, 15) is 14.0 Å². The van der Waals surface area contributed by atoms with Gasteiger partial charge in [0.25, 0.3) is 0 Å². The van der Waals surface area contributed by atoms with Crippen LogP contribution >= 0.6 is 0 Å². The highest BCUT2D eigenvalue weighted by molar-refractivity contribution is 5.85. The first-order chi connectivity index (χ1) is 11.5. The zero-order valence-electron chi connectivity index (χ0n) is 14.8. The highest BCUT2D eigenvalue weighted by Gasteiger charge is 2.33. The minimum Gasteiger partial charge on any atom is -0.338 e. The Balaban J connectivity index is 2.07. The van der Waals surface area contributed by atoms with Crippen molar-refractivity contribution in [2.24, 2.45) is 11.8 Å². The van der Waals surface area contributed by atoms with Crippen molar-refractivity contribution < 1.29 is 14.0 Å². The first kappa shape index (κ1) is 18.6. The van der Waals surface area contributed by atoms with Crippen LogP contribution in [0.15, 0.2) is 24.3 Å². The van der Waals surface area contributed by atoms with Gasteiger partial charge in [-0.15, -0.1) is 0 Å². The van der Waals surface area contributed by atoms with E-state index in [1.54, 1.807) is 12.1 Å². The summed E-state index contributed by atoms with van der Waals surface area (Å²) in [6.45, 7) is 5.38. The van der Waals surface area contributed by atoms with Crippen LogP contribution in [-0.4, -0.2) is 23.1 Å². The summed E-state index contributed by atoms with van der Waals surface area (Å²) in [5.41, 5.74) is 0.945. The van der Waals surface area contributed by atoms with Crippen LogP contribution in [0, 0.1) is 17.7 Å². The van der Waals surface area contributed by atoms with Gasteiger partial charge in [0.2, 0.25) is 5.91 Å². The van der Waals surface area contributed by atoms with Crippen molar-refractivity contribution in [1.29, 1.82) is 0 Å². The summed E-state index contributed by atoms with van der Waals surface area (Å²) in [5.74, 6) is 0.200. The lowest BCUT2D eigenvalue weighted by Gasteiger charge is -2.33.